The molecule has 2 aromatic rings. The molecule has 0 saturated carbocycles. The number of pyridine rings is 1. The maximum Gasteiger partial charge on any atom is 0.271 e. The van der Waals surface area contributed by atoms with Gasteiger partial charge in [-0.05, 0) is 6.07 Å². The molecule has 160 valence electrons. The Hall–Kier alpha value is -3.20. The molecule has 1 aliphatic heterocycles. The fourth-order valence-corrected chi connectivity index (χ4v) is 3.15. The molecule has 2 aromatic heterocycles. The molecule has 3 heterocycles. The monoisotopic (exact) mass is 411 g/mol. The van der Waals surface area contributed by atoms with Gasteiger partial charge in [-0.2, -0.15) is 0 Å². The number of likely N-dealkylation sites (N-methyl/N-ethyl adjacent to an activating group) is 1. The van der Waals surface area contributed by atoms with Gasteiger partial charge in [0.1, 0.15) is 11.5 Å². The molecule has 1 aliphatic rings. The van der Waals surface area contributed by atoms with Crippen LogP contribution in [0.1, 0.15) is 13.8 Å². The summed E-state index contributed by atoms with van der Waals surface area (Å²) in [5, 5.41) is 6.20. The number of amides is 1. The van der Waals surface area contributed by atoms with Crippen LogP contribution in [-0.4, -0.2) is 71.6 Å². The van der Waals surface area contributed by atoms with Crippen LogP contribution in [0.25, 0.3) is 11.3 Å². The van der Waals surface area contributed by atoms with E-state index >= 15 is 0 Å². The Balaban J connectivity index is 1.64. The molecule has 0 bridgehead atoms. The van der Waals surface area contributed by atoms with Crippen molar-refractivity contribution in [3.8, 4) is 11.3 Å². The smallest absolute Gasteiger partial charge is 0.271 e. The van der Waals surface area contributed by atoms with E-state index in [1.54, 1.807) is 36.6 Å². The summed E-state index contributed by atoms with van der Waals surface area (Å²) in [7, 11) is 3.65. The second-order valence-corrected chi connectivity index (χ2v) is 7.62. The van der Waals surface area contributed by atoms with E-state index in [0.29, 0.717) is 42.9 Å². The molecule has 0 atom stereocenters. The number of anilines is 2. The number of nitrogens with one attached hydrogen (secondary N) is 3. The van der Waals surface area contributed by atoms with Gasteiger partial charge in [0.2, 0.25) is 5.91 Å². The molecule has 9 nitrogen and oxygen atoms in total. The van der Waals surface area contributed by atoms with E-state index in [1.165, 1.54) is 0 Å². The average molecular weight is 412 g/mol. The molecule has 1 amide bonds. The van der Waals surface area contributed by atoms with Crippen LogP contribution < -0.4 is 21.1 Å². The molecule has 1 saturated heterocycles. The van der Waals surface area contributed by atoms with Crippen LogP contribution in [0.3, 0.4) is 0 Å². The van der Waals surface area contributed by atoms with Crippen LogP contribution in [-0.2, 0) is 4.79 Å². The lowest BCUT2D eigenvalue weighted by atomic mass is 10.1. The van der Waals surface area contributed by atoms with E-state index in [-0.39, 0.29) is 17.5 Å². The lowest BCUT2D eigenvalue weighted by Gasteiger charge is -2.44. The van der Waals surface area contributed by atoms with Crippen LogP contribution in [0, 0.1) is 0 Å². The lowest BCUT2D eigenvalue weighted by Crippen LogP contribution is -2.60. The van der Waals surface area contributed by atoms with E-state index in [1.807, 2.05) is 24.1 Å². The second kappa shape index (κ2) is 9.53. The van der Waals surface area contributed by atoms with E-state index < -0.39 is 0 Å². The topological polar surface area (TPSA) is 106 Å². The number of rotatable bonds is 8. The van der Waals surface area contributed by atoms with Crippen molar-refractivity contribution in [3.05, 3.63) is 47.2 Å². The summed E-state index contributed by atoms with van der Waals surface area (Å²) in [4.78, 5) is 39.8. The van der Waals surface area contributed by atoms with Crippen LogP contribution in [0.15, 0.2) is 41.6 Å². The van der Waals surface area contributed by atoms with Crippen molar-refractivity contribution in [2.75, 3.05) is 43.9 Å². The molecule has 3 rings (SSSR count). The van der Waals surface area contributed by atoms with Crippen molar-refractivity contribution < 1.29 is 4.79 Å². The normalized spacial score (nSPS) is 14.2. The number of hydrogen-bond donors (Lipinski definition) is 3. The van der Waals surface area contributed by atoms with Gasteiger partial charge in [0, 0.05) is 57.6 Å². The van der Waals surface area contributed by atoms with Crippen molar-refractivity contribution in [3.63, 3.8) is 0 Å². The number of aromatic amines is 1. The maximum atomic E-state index is 12.4. The van der Waals surface area contributed by atoms with Crippen molar-refractivity contribution >= 4 is 17.4 Å². The average Bonchev–Trinajstić information content (AvgIpc) is 2.70. The van der Waals surface area contributed by atoms with Gasteiger partial charge in [-0.25, -0.2) is 4.98 Å². The van der Waals surface area contributed by atoms with Crippen LogP contribution >= 0.6 is 0 Å². The highest BCUT2D eigenvalue weighted by molar-refractivity contribution is 5.88. The molecule has 0 radical (unpaired) electrons. The van der Waals surface area contributed by atoms with Crippen LogP contribution in [0.4, 0.5) is 11.5 Å². The van der Waals surface area contributed by atoms with E-state index in [9.17, 15) is 9.59 Å². The van der Waals surface area contributed by atoms with Crippen LogP contribution in [0.5, 0.6) is 0 Å². The van der Waals surface area contributed by atoms with Gasteiger partial charge in [0.05, 0.1) is 24.1 Å². The molecular formula is C21H29N7O2. The summed E-state index contributed by atoms with van der Waals surface area (Å²) in [5.74, 6) is 0.644. The Morgan fingerprint density at radius 1 is 1.40 bits per heavy atom. The molecule has 0 aromatic carbocycles. The quantitative estimate of drug-likeness (QED) is 0.558. The van der Waals surface area contributed by atoms with Gasteiger partial charge in [-0.15, -0.1) is 0 Å². The Bertz CT molecular complexity index is 964. The lowest BCUT2D eigenvalue weighted by molar-refractivity contribution is -0.130. The van der Waals surface area contributed by atoms with Gasteiger partial charge >= 0.3 is 0 Å². The minimum atomic E-state index is -0.177. The largest absolute Gasteiger partial charge is 0.372 e. The van der Waals surface area contributed by atoms with Crippen molar-refractivity contribution in [2.24, 2.45) is 0 Å². The number of carbonyl (C=O) groups is 1. The highest BCUT2D eigenvalue weighted by Gasteiger charge is 2.33. The zero-order valence-electron chi connectivity index (χ0n) is 17.8. The maximum absolute atomic E-state index is 12.4. The fourth-order valence-electron chi connectivity index (χ4n) is 3.15. The first-order valence-electron chi connectivity index (χ1n) is 10.0. The first-order chi connectivity index (χ1) is 14.4. The number of hydrogen-bond acceptors (Lipinski definition) is 7. The first-order valence-corrected chi connectivity index (χ1v) is 10.0. The fraction of sp³-hybridized carbons (Fsp3) is 0.429. The summed E-state index contributed by atoms with van der Waals surface area (Å²) in [5.41, 5.74) is 1.80. The Morgan fingerprint density at radius 3 is 2.87 bits per heavy atom. The van der Waals surface area contributed by atoms with Crippen molar-refractivity contribution in [1.82, 2.24) is 25.2 Å². The Labute approximate surface area is 176 Å². The van der Waals surface area contributed by atoms with Gasteiger partial charge in [-0.3, -0.25) is 14.6 Å². The summed E-state index contributed by atoms with van der Waals surface area (Å²) >= 11 is 0. The van der Waals surface area contributed by atoms with Crippen molar-refractivity contribution in [2.45, 2.75) is 25.9 Å². The van der Waals surface area contributed by atoms with Gasteiger partial charge in [0.15, 0.2) is 0 Å². The number of nitrogens with zero attached hydrogens (tertiary/aromatic N) is 4. The molecule has 30 heavy (non-hydrogen) atoms. The molecular weight excluding hydrogens is 382 g/mol. The number of likely N-dealkylation sites (tertiary alicyclic amines) is 1. The summed E-state index contributed by atoms with van der Waals surface area (Å²) < 4.78 is 0. The number of carbonyl (C=O) groups excluding carboxylic acids is 1. The highest BCUT2D eigenvalue weighted by Crippen LogP contribution is 2.23. The zero-order valence-corrected chi connectivity index (χ0v) is 17.8. The molecule has 0 aliphatic carbocycles. The van der Waals surface area contributed by atoms with Crippen molar-refractivity contribution in [1.29, 1.82) is 0 Å². The summed E-state index contributed by atoms with van der Waals surface area (Å²) in [6.45, 7) is 5.95. The molecule has 1 fully saturated rings. The van der Waals surface area contributed by atoms with E-state index in [0.717, 1.165) is 5.56 Å². The molecule has 3 N–H and O–H groups in total. The summed E-state index contributed by atoms with van der Waals surface area (Å²) in [6.07, 6.45) is 8.37. The number of H-pyrrole nitrogens is 1. The third kappa shape index (κ3) is 5.04. The predicted octanol–water partition coefficient (Wildman–Crippen LogP) is 1.07. The minimum Gasteiger partial charge on any atom is -0.372 e. The first kappa shape index (κ1) is 21.5. The highest BCUT2D eigenvalue weighted by atomic mass is 16.2. The third-order valence-corrected chi connectivity index (χ3v) is 5.08. The Kier molecular flexibility index (Phi) is 6.83. The summed E-state index contributed by atoms with van der Waals surface area (Å²) in [6, 6.07) is 2.28. The second-order valence-electron chi connectivity index (χ2n) is 7.62. The standard InChI is InChI=1S/C21H29N7O2/c1-14(2)24-7-5-6-20(29)28-12-16(13-28)27(4)18-8-15(9-25-21(18)30)17-10-23-11-19(22-3)26-17/h5-6,8-11,14,16,24H,7,12-13H2,1-4H3,(H,22,26)(H,25,30). The minimum absolute atomic E-state index is 0.00739. The van der Waals surface area contributed by atoms with E-state index in [2.05, 4.69) is 39.4 Å². The van der Waals surface area contributed by atoms with Gasteiger partial charge in [0.25, 0.3) is 5.56 Å². The molecule has 0 spiro atoms. The van der Waals surface area contributed by atoms with Gasteiger partial charge in [-0.1, -0.05) is 19.9 Å². The molecule has 0 unspecified atom stereocenters. The third-order valence-electron chi connectivity index (χ3n) is 5.08. The van der Waals surface area contributed by atoms with Crippen LogP contribution in [0.2, 0.25) is 0 Å². The SMILES string of the molecule is CNc1cncc(-c2c[nH]c(=O)c(N(C)C3CN(C(=O)C=CCNC(C)C)C3)c2)n1. The van der Waals surface area contributed by atoms with E-state index in [4.69, 9.17) is 0 Å². The van der Waals surface area contributed by atoms with Gasteiger partial charge < -0.3 is 25.4 Å². The number of aromatic nitrogens is 3. The molecule has 9 heteroatoms. The Morgan fingerprint density at radius 2 is 2.17 bits per heavy atom. The zero-order chi connectivity index (χ0) is 21.7. The predicted molar refractivity (Wildman–Crippen MR) is 119 cm³/mol.